The topological polar surface area (TPSA) is 133 Å². The van der Waals surface area contributed by atoms with Gasteiger partial charge in [0.15, 0.2) is 0 Å². The second kappa shape index (κ2) is 11.8. The van der Waals surface area contributed by atoms with Gasteiger partial charge in [0.05, 0.1) is 18.1 Å². The van der Waals surface area contributed by atoms with Gasteiger partial charge in [-0.3, -0.25) is 10.1 Å². The minimum Gasteiger partial charge on any atom is -0.462 e. The van der Waals surface area contributed by atoms with Gasteiger partial charge in [0.25, 0.3) is 5.69 Å². The van der Waals surface area contributed by atoms with E-state index in [0.717, 1.165) is 28.4 Å². The first-order valence-electron chi connectivity index (χ1n) is 12.6. The molecule has 0 fully saturated rings. The van der Waals surface area contributed by atoms with Crippen LogP contribution in [0.1, 0.15) is 32.4 Å². The largest absolute Gasteiger partial charge is 0.462 e. The Morgan fingerprint density at radius 1 is 0.923 bits per heavy atom. The average molecular weight is 532 g/mol. The Kier molecular flexibility index (Phi) is 8.26. The van der Waals surface area contributed by atoms with Crippen LogP contribution in [0.5, 0.6) is 0 Å². The summed E-state index contributed by atoms with van der Waals surface area (Å²) in [5.41, 5.74) is 1.86. The van der Waals surface area contributed by atoms with E-state index in [1.807, 2.05) is 36.4 Å². The predicted molar refractivity (Wildman–Crippen MR) is 147 cm³/mol. The van der Waals surface area contributed by atoms with Gasteiger partial charge in [-0.1, -0.05) is 18.2 Å². The summed E-state index contributed by atoms with van der Waals surface area (Å²) in [6.45, 7) is 6.06. The highest BCUT2D eigenvalue weighted by Gasteiger charge is 2.31. The molecule has 0 saturated carbocycles. The van der Waals surface area contributed by atoms with Gasteiger partial charge in [-0.05, 0) is 62.7 Å². The van der Waals surface area contributed by atoms with E-state index in [2.05, 4.69) is 16.8 Å². The second-order valence-electron chi connectivity index (χ2n) is 8.60. The summed E-state index contributed by atoms with van der Waals surface area (Å²) in [6, 6.07) is 18.6. The lowest BCUT2D eigenvalue weighted by Gasteiger charge is -2.20. The smallest absolute Gasteiger partial charge is 0.355 e. The predicted octanol–water partition coefficient (Wildman–Crippen LogP) is 5.25. The summed E-state index contributed by atoms with van der Waals surface area (Å²) in [4.78, 5) is 36.7. The van der Waals surface area contributed by atoms with Crippen LogP contribution in [0.15, 0.2) is 78.0 Å². The molecule has 202 valence electrons. The van der Waals surface area contributed by atoms with Gasteiger partial charge in [0.2, 0.25) is 0 Å². The van der Waals surface area contributed by atoms with E-state index in [1.54, 1.807) is 19.9 Å². The Balaban J connectivity index is 1.86. The first kappa shape index (κ1) is 27.3. The number of aliphatic hydroxyl groups is 1. The molecule has 0 aliphatic heterocycles. The Labute approximate surface area is 224 Å². The number of carbonyl (C=O) groups is 2. The number of nitro benzene ring substituents is 1. The number of hydrogen-bond acceptors (Lipinski definition) is 8. The zero-order valence-corrected chi connectivity index (χ0v) is 21.8. The second-order valence-corrected chi connectivity index (χ2v) is 8.60. The quantitative estimate of drug-likeness (QED) is 0.123. The molecule has 3 aromatic carbocycles. The van der Waals surface area contributed by atoms with Crippen LogP contribution in [0.3, 0.4) is 0 Å². The monoisotopic (exact) mass is 531 g/mol. The van der Waals surface area contributed by atoms with Crippen molar-refractivity contribution in [2.45, 2.75) is 33.4 Å². The molecule has 0 radical (unpaired) electrons. The van der Waals surface area contributed by atoms with Gasteiger partial charge in [0, 0.05) is 46.2 Å². The van der Waals surface area contributed by atoms with E-state index in [0.29, 0.717) is 5.69 Å². The van der Waals surface area contributed by atoms with Gasteiger partial charge in [0.1, 0.15) is 17.4 Å². The van der Waals surface area contributed by atoms with Crippen molar-refractivity contribution in [1.82, 2.24) is 4.57 Å². The Morgan fingerprint density at radius 3 is 2.21 bits per heavy atom. The molecule has 0 aliphatic carbocycles. The van der Waals surface area contributed by atoms with Gasteiger partial charge in [-0.2, -0.15) is 0 Å². The number of para-hydroxylation sites is 1. The van der Waals surface area contributed by atoms with Crippen molar-refractivity contribution in [3.05, 3.63) is 93.7 Å². The van der Waals surface area contributed by atoms with E-state index < -0.39 is 23.0 Å². The minimum absolute atomic E-state index is 0.00605. The van der Waals surface area contributed by atoms with Crippen LogP contribution in [-0.4, -0.2) is 39.7 Å². The summed E-state index contributed by atoms with van der Waals surface area (Å²) in [7, 11) is 0. The lowest BCUT2D eigenvalue weighted by atomic mass is 9.99. The van der Waals surface area contributed by atoms with E-state index in [4.69, 9.17) is 9.47 Å². The van der Waals surface area contributed by atoms with Gasteiger partial charge < -0.3 is 24.5 Å². The third-order valence-electron chi connectivity index (χ3n) is 6.30. The molecule has 0 bridgehead atoms. The molecule has 1 atom stereocenters. The number of aliphatic hydroxyl groups excluding tert-OH is 1. The van der Waals surface area contributed by atoms with Crippen LogP contribution in [0.4, 0.5) is 11.4 Å². The van der Waals surface area contributed by atoms with Crippen LogP contribution in [0.25, 0.3) is 21.8 Å². The van der Waals surface area contributed by atoms with Crippen molar-refractivity contribution in [2.24, 2.45) is 0 Å². The molecule has 1 unspecified atom stereocenters. The van der Waals surface area contributed by atoms with Crippen LogP contribution in [0.2, 0.25) is 0 Å². The maximum absolute atomic E-state index is 13.1. The minimum atomic E-state index is -1.64. The summed E-state index contributed by atoms with van der Waals surface area (Å²) in [6.07, 6.45) is -1.64. The Hall–Kier alpha value is -4.70. The molecule has 1 aromatic heterocycles. The number of non-ortho nitro benzene ring substituents is 1. The number of nitro groups is 1. The molecular weight excluding hydrogens is 502 g/mol. The molecule has 0 saturated heterocycles. The molecule has 39 heavy (non-hydrogen) atoms. The lowest BCUT2D eigenvalue weighted by Crippen LogP contribution is -2.25. The number of fused-ring (bicyclic) bond motifs is 3. The summed E-state index contributed by atoms with van der Waals surface area (Å²) in [5.74, 6) is -1.79. The third kappa shape index (κ3) is 5.46. The first-order chi connectivity index (χ1) is 18.8. The van der Waals surface area contributed by atoms with Gasteiger partial charge in [-0.25, -0.2) is 9.59 Å². The fourth-order valence-electron chi connectivity index (χ4n) is 4.55. The van der Waals surface area contributed by atoms with Crippen LogP contribution < -0.4 is 5.32 Å². The van der Waals surface area contributed by atoms with Crippen molar-refractivity contribution in [3.8, 4) is 0 Å². The molecule has 4 rings (SSSR count). The fourth-order valence-corrected chi connectivity index (χ4v) is 4.55. The van der Waals surface area contributed by atoms with Crippen molar-refractivity contribution in [3.63, 3.8) is 0 Å². The van der Waals surface area contributed by atoms with E-state index in [9.17, 15) is 24.8 Å². The van der Waals surface area contributed by atoms with Crippen LogP contribution in [0, 0.1) is 10.1 Å². The number of benzene rings is 3. The molecule has 2 N–H and O–H groups in total. The number of anilines is 1. The fraction of sp³-hybridized carbons (Fsp3) is 0.241. The Morgan fingerprint density at radius 2 is 1.56 bits per heavy atom. The average Bonchev–Trinajstić information content (AvgIpc) is 3.25. The van der Waals surface area contributed by atoms with Crippen LogP contribution >= 0.6 is 0 Å². The van der Waals surface area contributed by atoms with Crippen LogP contribution in [-0.2, 0) is 25.6 Å². The van der Waals surface area contributed by atoms with Crippen molar-refractivity contribution < 1.29 is 29.1 Å². The first-order valence-corrected chi connectivity index (χ1v) is 12.6. The van der Waals surface area contributed by atoms with Gasteiger partial charge in [-0.15, -0.1) is 0 Å². The molecule has 0 spiro atoms. The summed E-state index contributed by atoms with van der Waals surface area (Å²) in [5, 5.41) is 27.3. The summed E-state index contributed by atoms with van der Waals surface area (Å²) >= 11 is 0. The SMILES string of the molecule is CCOC(=O)/C(Nc1ccc2c(c1)c1ccccc1n2CC)=C(/C(=O)OCC)C(O)c1ccc([N+](=O)[O-])cc1. The summed E-state index contributed by atoms with van der Waals surface area (Å²) < 4.78 is 12.6. The zero-order chi connectivity index (χ0) is 28.1. The van der Waals surface area contributed by atoms with E-state index >= 15 is 0 Å². The number of rotatable bonds is 10. The van der Waals surface area contributed by atoms with Crippen molar-refractivity contribution >= 4 is 45.1 Å². The molecule has 0 amide bonds. The third-order valence-corrected chi connectivity index (χ3v) is 6.30. The van der Waals surface area contributed by atoms with E-state index in [1.165, 1.54) is 24.3 Å². The van der Waals surface area contributed by atoms with E-state index in [-0.39, 0.29) is 35.7 Å². The highest BCUT2D eigenvalue weighted by Crippen LogP contribution is 2.33. The number of nitrogens with one attached hydrogen (secondary N) is 1. The maximum Gasteiger partial charge on any atom is 0.355 e. The normalized spacial score (nSPS) is 12.6. The standard InChI is InChI=1S/C29H29N3O7/c1-4-31-23-10-8-7-9-21(23)22-17-19(13-16-24(22)31)30-26(29(35)39-6-3)25(28(34)38-5-2)27(33)18-11-14-20(15-12-18)32(36)37/h7-17,27,30,33H,4-6H2,1-3H3/b26-25-. The number of aryl methyl sites for hydroxylation is 1. The molecule has 10 nitrogen and oxygen atoms in total. The highest BCUT2D eigenvalue weighted by molar-refractivity contribution is 6.10. The Bertz CT molecular complexity index is 1570. The van der Waals surface area contributed by atoms with Crippen molar-refractivity contribution in [2.75, 3.05) is 18.5 Å². The number of nitrogens with zero attached hydrogens (tertiary/aromatic N) is 2. The molecule has 4 aromatic rings. The maximum atomic E-state index is 13.1. The number of carbonyl (C=O) groups excluding carboxylic acids is 2. The van der Waals surface area contributed by atoms with Crippen molar-refractivity contribution in [1.29, 1.82) is 0 Å². The number of ether oxygens (including phenoxy) is 2. The highest BCUT2D eigenvalue weighted by atomic mass is 16.6. The number of esters is 2. The number of aromatic nitrogens is 1. The lowest BCUT2D eigenvalue weighted by molar-refractivity contribution is -0.384. The van der Waals surface area contributed by atoms with Gasteiger partial charge >= 0.3 is 11.9 Å². The molecule has 10 heteroatoms. The molecular formula is C29H29N3O7. The molecule has 1 heterocycles. The zero-order valence-electron chi connectivity index (χ0n) is 21.8. The number of hydrogen-bond donors (Lipinski definition) is 2. The molecule has 0 aliphatic rings.